The van der Waals surface area contributed by atoms with E-state index in [1.807, 2.05) is 26.0 Å². The average Bonchev–Trinajstić information content (AvgIpc) is 2.83. The monoisotopic (exact) mass is 263 g/mol. The standard InChI is InChI=1S/C15H18FNO2/c1-4-17-15(13-9-8-10(2)19-13)11-6-5-7-12(18-3)14(11)16/h5-9,15,17H,4H2,1-3H3. The largest absolute Gasteiger partial charge is 0.494 e. The second-order valence-electron chi connectivity index (χ2n) is 4.30. The van der Waals surface area contributed by atoms with Crippen LogP contribution in [-0.2, 0) is 0 Å². The normalized spacial score (nSPS) is 12.4. The number of nitrogens with one attached hydrogen (secondary N) is 1. The highest BCUT2D eigenvalue weighted by Crippen LogP contribution is 2.30. The Labute approximate surface area is 112 Å². The van der Waals surface area contributed by atoms with Crippen molar-refractivity contribution in [3.63, 3.8) is 0 Å². The van der Waals surface area contributed by atoms with E-state index in [9.17, 15) is 4.39 Å². The highest BCUT2D eigenvalue weighted by Gasteiger charge is 2.21. The van der Waals surface area contributed by atoms with Crippen LogP contribution in [0, 0.1) is 12.7 Å². The molecule has 0 aliphatic carbocycles. The van der Waals surface area contributed by atoms with Crippen molar-refractivity contribution >= 4 is 0 Å². The van der Waals surface area contributed by atoms with E-state index >= 15 is 0 Å². The molecular weight excluding hydrogens is 245 g/mol. The Morgan fingerprint density at radius 3 is 2.68 bits per heavy atom. The summed E-state index contributed by atoms with van der Waals surface area (Å²) in [6, 6.07) is 8.54. The highest BCUT2D eigenvalue weighted by molar-refractivity contribution is 5.36. The molecule has 1 aromatic carbocycles. The van der Waals surface area contributed by atoms with E-state index in [1.165, 1.54) is 7.11 Å². The van der Waals surface area contributed by atoms with Crippen LogP contribution in [0.1, 0.15) is 30.0 Å². The van der Waals surface area contributed by atoms with Crippen molar-refractivity contribution in [2.24, 2.45) is 0 Å². The fourth-order valence-electron chi connectivity index (χ4n) is 2.08. The van der Waals surface area contributed by atoms with Crippen LogP contribution in [0.15, 0.2) is 34.7 Å². The number of rotatable bonds is 5. The molecule has 0 saturated heterocycles. The van der Waals surface area contributed by atoms with Crippen LogP contribution >= 0.6 is 0 Å². The van der Waals surface area contributed by atoms with Gasteiger partial charge in [0, 0.05) is 5.56 Å². The summed E-state index contributed by atoms with van der Waals surface area (Å²) in [6.07, 6.45) is 0. The summed E-state index contributed by atoms with van der Waals surface area (Å²) in [5.41, 5.74) is 0.524. The lowest BCUT2D eigenvalue weighted by Crippen LogP contribution is -2.22. The molecule has 1 N–H and O–H groups in total. The van der Waals surface area contributed by atoms with Gasteiger partial charge in [-0.25, -0.2) is 4.39 Å². The Morgan fingerprint density at radius 2 is 2.11 bits per heavy atom. The molecule has 19 heavy (non-hydrogen) atoms. The van der Waals surface area contributed by atoms with Crippen molar-refractivity contribution in [1.82, 2.24) is 5.32 Å². The summed E-state index contributed by atoms with van der Waals surface area (Å²) in [5.74, 6) is 1.39. The first-order valence-electron chi connectivity index (χ1n) is 6.29. The lowest BCUT2D eigenvalue weighted by molar-refractivity contribution is 0.376. The molecule has 3 nitrogen and oxygen atoms in total. The van der Waals surface area contributed by atoms with Crippen molar-refractivity contribution in [1.29, 1.82) is 0 Å². The number of benzene rings is 1. The van der Waals surface area contributed by atoms with Gasteiger partial charge in [-0.15, -0.1) is 0 Å². The van der Waals surface area contributed by atoms with Gasteiger partial charge in [-0.1, -0.05) is 19.1 Å². The second kappa shape index (κ2) is 5.89. The van der Waals surface area contributed by atoms with E-state index in [-0.39, 0.29) is 17.6 Å². The maximum atomic E-state index is 14.3. The van der Waals surface area contributed by atoms with E-state index in [1.54, 1.807) is 18.2 Å². The van der Waals surface area contributed by atoms with Crippen molar-refractivity contribution in [2.75, 3.05) is 13.7 Å². The van der Waals surface area contributed by atoms with Crippen LogP contribution in [0.4, 0.5) is 4.39 Å². The third kappa shape index (κ3) is 2.79. The zero-order chi connectivity index (χ0) is 13.8. The van der Waals surface area contributed by atoms with Crippen LogP contribution in [-0.4, -0.2) is 13.7 Å². The summed E-state index contributed by atoms with van der Waals surface area (Å²) >= 11 is 0. The zero-order valence-electron chi connectivity index (χ0n) is 11.4. The minimum Gasteiger partial charge on any atom is -0.494 e. The van der Waals surface area contributed by atoms with Gasteiger partial charge in [-0.3, -0.25) is 0 Å². The number of ether oxygens (including phenoxy) is 1. The highest BCUT2D eigenvalue weighted by atomic mass is 19.1. The van der Waals surface area contributed by atoms with Crippen molar-refractivity contribution in [3.8, 4) is 5.75 Å². The van der Waals surface area contributed by atoms with Crippen LogP contribution in [0.2, 0.25) is 0 Å². The van der Waals surface area contributed by atoms with E-state index in [0.717, 1.165) is 5.76 Å². The minimum absolute atomic E-state index is 0.240. The Bertz CT molecular complexity index is 551. The molecule has 0 bridgehead atoms. The van der Waals surface area contributed by atoms with Gasteiger partial charge in [-0.2, -0.15) is 0 Å². The Hall–Kier alpha value is -1.81. The van der Waals surface area contributed by atoms with Gasteiger partial charge in [0.2, 0.25) is 0 Å². The fraction of sp³-hybridized carbons (Fsp3) is 0.333. The molecule has 4 heteroatoms. The molecule has 1 atom stereocenters. The predicted molar refractivity (Wildman–Crippen MR) is 71.9 cm³/mol. The van der Waals surface area contributed by atoms with Crippen LogP contribution < -0.4 is 10.1 Å². The first-order valence-corrected chi connectivity index (χ1v) is 6.29. The van der Waals surface area contributed by atoms with Crippen molar-refractivity contribution < 1.29 is 13.5 Å². The molecule has 0 radical (unpaired) electrons. The molecule has 0 aliphatic rings. The molecule has 0 aliphatic heterocycles. The Balaban J connectivity index is 2.44. The van der Waals surface area contributed by atoms with Crippen molar-refractivity contribution in [2.45, 2.75) is 19.9 Å². The molecule has 0 fully saturated rings. The number of methoxy groups -OCH3 is 1. The summed E-state index contributed by atoms with van der Waals surface area (Å²) in [6.45, 7) is 4.55. The molecule has 1 aromatic heterocycles. The number of aryl methyl sites for hydroxylation is 1. The van der Waals surface area contributed by atoms with E-state index in [0.29, 0.717) is 17.9 Å². The molecule has 1 heterocycles. The molecule has 0 spiro atoms. The third-order valence-electron chi connectivity index (χ3n) is 2.98. The molecule has 0 saturated carbocycles. The number of hydrogen-bond acceptors (Lipinski definition) is 3. The third-order valence-corrected chi connectivity index (χ3v) is 2.98. The van der Waals surface area contributed by atoms with Crippen LogP contribution in [0.5, 0.6) is 5.75 Å². The summed E-state index contributed by atoms with van der Waals surface area (Å²) in [7, 11) is 1.46. The quantitative estimate of drug-likeness (QED) is 0.897. The van der Waals surface area contributed by atoms with E-state index in [2.05, 4.69) is 5.32 Å². The molecule has 2 aromatic rings. The molecule has 2 rings (SSSR count). The van der Waals surface area contributed by atoms with Crippen molar-refractivity contribution in [3.05, 3.63) is 53.2 Å². The van der Waals surface area contributed by atoms with Gasteiger partial charge < -0.3 is 14.5 Å². The SMILES string of the molecule is CCNC(c1ccc(C)o1)c1cccc(OC)c1F. The number of furan rings is 1. The maximum Gasteiger partial charge on any atom is 0.170 e. The molecule has 0 amide bonds. The van der Waals surface area contributed by atoms with Gasteiger partial charge >= 0.3 is 0 Å². The summed E-state index contributed by atoms with van der Waals surface area (Å²) < 4.78 is 25.0. The summed E-state index contributed by atoms with van der Waals surface area (Å²) in [4.78, 5) is 0. The maximum absolute atomic E-state index is 14.3. The van der Waals surface area contributed by atoms with E-state index in [4.69, 9.17) is 9.15 Å². The lowest BCUT2D eigenvalue weighted by Gasteiger charge is -2.17. The predicted octanol–water partition coefficient (Wildman–Crippen LogP) is 3.43. The van der Waals surface area contributed by atoms with Gasteiger partial charge in [-0.05, 0) is 31.7 Å². The Morgan fingerprint density at radius 1 is 1.32 bits per heavy atom. The first-order chi connectivity index (χ1) is 9.17. The Kier molecular flexibility index (Phi) is 4.22. The van der Waals surface area contributed by atoms with E-state index < -0.39 is 0 Å². The first kappa shape index (κ1) is 13.6. The smallest absolute Gasteiger partial charge is 0.170 e. The van der Waals surface area contributed by atoms with Gasteiger partial charge in [0.1, 0.15) is 11.5 Å². The van der Waals surface area contributed by atoms with Gasteiger partial charge in [0.25, 0.3) is 0 Å². The fourth-order valence-corrected chi connectivity index (χ4v) is 2.08. The van der Waals surface area contributed by atoms with Crippen LogP contribution in [0.25, 0.3) is 0 Å². The van der Waals surface area contributed by atoms with Gasteiger partial charge in [0.05, 0.1) is 13.2 Å². The van der Waals surface area contributed by atoms with Crippen LogP contribution in [0.3, 0.4) is 0 Å². The summed E-state index contributed by atoms with van der Waals surface area (Å²) in [5, 5.41) is 3.23. The molecular formula is C15H18FNO2. The molecule has 1 unspecified atom stereocenters. The second-order valence-corrected chi connectivity index (χ2v) is 4.30. The molecule has 102 valence electrons. The lowest BCUT2D eigenvalue weighted by atomic mass is 10.0. The zero-order valence-corrected chi connectivity index (χ0v) is 11.4. The topological polar surface area (TPSA) is 34.4 Å². The minimum atomic E-state index is -0.356. The van der Waals surface area contributed by atoms with Gasteiger partial charge in [0.15, 0.2) is 11.6 Å². The average molecular weight is 263 g/mol. The number of hydrogen-bond donors (Lipinski definition) is 1. The number of halogens is 1.